The van der Waals surface area contributed by atoms with Gasteiger partial charge < -0.3 is 4.90 Å². The largest absolute Gasteiger partial charge is 0.344 e. The van der Waals surface area contributed by atoms with Gasteiger partial charge in [0.2, 0.25) is 5.69 Å². The van der Waals surface area contributed by atoms with Crippen molar-refractivity contribution in [1.82, 2.24) is 0 Å². The maximum absolute atomic E-state index is 2.56. The third-order valence-corrected chi connectivity index (χ3v) is 9.02. The first-order chi connectivity index (χ1) is 19.8. The molecule has 0 radical (unpaired) electrons. The molecule has 41 heavy (non-hydrogen) atoms. The highest BCUT2D eigenvalue weighted by atomic mass is 15.2. The van der Waals surface area contributed by atoms with Crippen molar-refractivity contribution in [3.05, 3.63) is 108 Å². The Hall–Kier alpha value is -3.13. The second kappa shape index (κ2) is 14.2. The monoisotopic (exact) mass is 549 g/mol. The fourth-order valence-corrected chi connectivity index (χ4v) is 6.64. The summed E-state index contributed by atoms with van der Waals surface area (Å²) >= 11 is 0. The Balaban J connectivity index is 1.49. The van der Waals surface area contributed by atoms with E-state index < -0.39 is 0 Å². The molecule has 2 aromatic carbocycles. The maximum Gasteiger partial charge on any atom is 0.209 e. The molecular formula is C39H53N2+. The van der Waals surface area contributed by atoms with E-state index >= 15 is 0 Å². The summed E-state index contributed by atoms with van der Waals surface area (Å²) in [5.41, 5.74) is 8.44. The van der Waals surface area contributed by atoms with Crippen LogP contribution in [0.5, 0.6) is 0 Å². The SMILES string of the molecule is CCCCCCN1C(=CC=CC=CC=CC2=[N+](CCCCCC)c3ccccc3C2(C)C)C(C)(C)c2ccccc21. The Labute approximate surface area is 250 Å². The zero-order valence-corrected chi connectivity index (χ0v) is 26.6. The van der Waals surface area contributed by atoms with Gasteiger partial charge in [0.1, 0.15) is 6.54 Å². The highest BCUT2D eigenvalue weighted by Gasteiger charge is 2.43. The molecule has 218 valence electrons. The fourth-order valence-electron chi connectivity index (χ4n) is 6.64. The highest BCUT2D eigenvalue weighted by molar-refractivity contribution is 6.03. The maximum atomic E-state index is 2.56. The molecule has 0 saturated carbocycles. The fraction of sp³-hybridized carbons (Fsp3) is 0.462. The van der Waals surface area contributed by atoms with E-state index in [0.29, 0.717) is 0 Å². The Morgan fingerprint density at radius 2 is 1.29 bits per heavy atom. The third kappa shape index (κ3) is 6.85. The zero-order chi connectivity index (χ0) is 29.3. The molecule has 0 unspecified atom stereocenters. The third-order valence-electron chi connectivity index (χ3n) is 9.02. The van der Waals surface area contributed by atoms with Crippen molar-refractivity contribution in [3.8, 4) is 0 Å². The molecule has 0 saturated heterocycles. The van der Waals surface area contributed by atoms with Crippen LogP contribution in [0.25, 0.3) is 0 Å². The molecular weight excluding hydrogens is 496 g/mol. The normalized spacial score (nSPS) is 18.5. The van der Waals surface area contributed by atoms with Crippen LogP contribution in [-0.2, 0) is 10.8 Å². The van der Waals surface area contributed by atoms with Crippen molar-refractivity contribution in [1.29, 1.82) is 0 Å². The van der Waals surface area contributed by atoms with Gasteiger partial charge in [-0.15, -0.1) is 0 Å². The van der Waals surface area contributed by atoms with Gasteiger partial charge in [-0.25, -0.2) is 0 Å². The predicted octanol–water partition coefficient (Wildman–Crippen LogP) is 10.6. The number of allylic oxidation sites excluding steroid dienone is 8. The number of para-hydroxylation sites is 2. The highest BCUT2D eigenvalue weighted by Crippen LogP contribution is 2.47. The average Bonchev–Trinajstić information content (AvgIpc) is 3.32. The molecule has 0 fully saturated rings. The van der Waals surface area contributed by atoms with E-state index in [9.17, 15) is 0 Å². The summed E-state index contributed by atoms with van der Waals surface area (Å²) in [6.07, 6.45) is 25.8. The molecule has 2 aliphatic rings. The summed E-state index contributed by atoms with van der Waals surface area (Å²) in [7, 11) is 0. The van der Waals surface area contributed by atoms with Crippen LogP contribution in [-0.4, -0.2) is 23.4 Å². The summed E-state index contributed by atoms with van der Waals surface area (Å²) in [5.74, 6) is 0. The van der Waals surface area contributed by atoms with Crippen LogP contribution in [0.1, 0.15) is 104 Å². The standard InChI is InChI=1S/C39H53N2/c1-7-9-11-22-30-40-34-26-20-18-24-32(34)38(3,4)36(40)28-16-14-13-15-17-29-37-39(5,6)33-25-19-21-27-35(33)41(37)31-23-12-10-8-2/h13-21,24-29H,7-12,22-23,30-31H2,1-6H3/q+1. The average molecular weight is 550 g/mol. The van der Waals surface area contributed by atoms with Gasteiger partial charge in [-0.3, -0.25) is 0 Å². The van der Waals surface area contributed by atoms with Gasteiger partial charge in [0, 0.05) is 47.5 Å². The van der Waals surface area contributed by atoms with Gasteiger partial charge in [-0.1, -0.05) is 127 Å². The summed E-state index contributed by atoms with van der Waals surface area (Å²) in [5, 5.41) is 0. The van der Waals surface area contributed by atoms with Gasteiger partial charge >= 0.3 is 0 Å². The van der Waals surface area contributed by atoms with Crippen molar-refractivity contribution in [3.63, 3.8) is 0 Å². The quantitative estimate of drug-likeness (QED) is 0.129. The number of anilines is 1. The van der Waals surface area contributed by atoms with Gasteiger partial charge in [-0.05, 0) is 44.4 Å². The summed E-state index contributed by atoms with van der Waals surface area (Å²) in [6.45, 7) is 16.2. The Morgan fingerprint density at radius 1 is 0.659 bits per heavy atom. The summed E-state index contributed by atoms with van der Waals surface area (Å²) in [4.78, 5) is 2.56. The topological polar surface area (TPSA) is 6.25 Å². The lowest BCUT2D eigenvalue weighted by molar-refractivity contribution is -0.438. The number of rotatable bonds is 14. The van der Waals surface area contributed by atoms with Crippen molar-refractivity contribution >= 4 is 17.1 Å². The van der Waals surface area contributed by atoms with E-state index in [4.69, 9.17) is 0 Å². The first kappa shape index (κ1) is 30.8. The summed E-state index contributed by atoms with van der Waals surface area (Å²) < 4.78 is 2.56. The van der Waals surface area contributed by atoms with Crippen LogP contribution in [0.3, 0.4) is 0 Å². The van der Waals surface area contributed by atoms with Gasteiger partial charge in [-0.2, -0.15) is 4.58 Å². The minimum atomic E-state index is 0.00952. The molecule has 0 N–H and O–H groups in total. The Morgan fingerprint density at radius 3 is 2.05 bits per heavy atom. The number of benzene rings is 2. The molecule has 0 bridgehead atoms. The van der Waals surface area contributed by atoms with Crippen LogP contribution in [0.2, 0.25) is 0 Å². The zero-order valence-electron chi connectivity index (χ0n) is 26.6. The molecule has 0 amide bonds. The number of fused-ring (bicyclic) bond motifs is 2. The number of unbranched alkanes of at least 4 members (excludes halogenated alkanes) is 6. The predicted molar refractivity (Wildman–Crippen MR) is 180 cm³/mol. The Bertz CT molecular complexity index is 1310. The van der Waals surface area contributed by atoms with E-state index in [1.807, 2.05) is 0 Å². The van der Waals surface area contributed by atoms with Crippen molar-refractivity contribution in [2.75, 3.05) is 18.0 Å². The Kier molecular flexibility index (Phi) is 10.6. The molecule has 0 aliphatic carbocycles. The lowest BCUT2D eigenvalue weighted by Gasteiger charge is -2.27. The second-order valence-electron chi connectivity index (χ2n) is 12.8. The van der Waals surface area contributed by atoms with E-state index in [-0.39, 0.29) is 10.8 Å². The molecule has 0 aromatic heterocycles. The number of nitrogens with zero attached hydrogens (tertiary/aromatic N) is 2. The molecule has 2 aliphatic heterocycles. The minimum Gasteiger partial charge on any atom is -0.344 e. The van der Waals surface area contributed by atoms with Crippen LogP contribution < -0.4 is 4.90 Å². The van der Waals surface area contributed by atoms with E-state index in [2.05, 4.69) is 142 Å². The van der Waals surface area contributed by atoms with Crippen LogP contribution in [0, 0.1) is 0 Å². The van der Waals surface area contributed by atoms with Crippen LogP contribution in [0.4, 0.5) is 11.4 Å². The first-order valence-electron chi connectivity index (χ1n) is 16.2. The summed E-state index contributed by atoms with van der Waals surface area (Å²) in [6, 6.07) is 17.9. The van der Waals surface area contributed by atoms with Crippen molar-refractivity contribution < 1.29 is 4.58 Å². The molecule has 2 heteroatoms. The minimum absolute atomic E-state index is 0.00952. The van der Waals surface area contributed by atoms with E-state index in [1.54, 1.807) is 0 Å². The van der Waals surface area contributed by atoms with Gasteiger partial charge in [0.15, 0.2) is 5.71 Å². The number of hydrogen-bond donors (Lipinski definition) is 0. The molecule has 2 nitrogen and oxygen atoms in total. The van der Waals surface area contributed by atoms with Gasteiger partial charge in [0.05, 0.1) is 5.41 Å². The second-order valence-corrected chi connectivity index (χ2v) is 12.8. The van der Waals surface area contributed by atoms with Crippen LogP contribution in [0.15, 0.2) is 96.8 Å². The molecule has 2 heterocycles. The smallest absolute Gasteiger partial charge is 0.209 e. The van der Waals surface area contributed by atoms with Gasteiger partial charge in [0.25, 0.3) is 0 Å². The lowest BCUT2D eigenvalue weighted by atomic mass is 9.81. The molecule has 2 aromatic rings. The van der Waals surface area contributed by atoms with Crippen LogP contribution >= 0.6 is 0 Å². The van der Waals surface area contributed by atoms with Crippen molar-refractivity contribution in [2.24, 2.45) is 0 Å². The van der Waals surface area contributed by atoms with E-state index in [1.165, 1.54) is 85.3 Å². The molecule has 4 rings (SSSR count). The van der Waals surface area contributed by atoms with Crippen molar-refractivity contribution in [2.45, 2.75) is 104 Å². The molecule has 0 spiro atoms. The first-order valence-corrected chi connectivity index (χ1v) is 16.2. The lowest BCUT2D eigenvalue weighted by Crippen LogP contribution is -2.27. The number of hydrogen-bond acceptors (Lipinski definition) is 1. The van der Waals surface area contributed by atoms with E-state index in [0.717, 1.165) is 13.1 Å². The molecule has 0 atom stereocenters.